The van der Waals surface area contributed by atoms with Gasteiger partial charge in [0, 0.05) is 20.9 Å². The summed E-state index contributed by atoms with van der Waals surface area (Å²) in [6.07, 6.45) is 0.112. The molecule has 0 N–H and O–H groups in total. The summed E-state index contributed by atoms with van der Waals surface area (Å²) < 4.78 is 1.47. The average molecular weight is 352 g/mol. The molecule has 82 valence electrons. The molecule has 1 aliphatic carbocycles. The van der Waals surface area contributed by atoms with E-state index in [1.54, 1.807) is 12.1 Å². The van der Waals surface area contributed by atoms with Gasteiger partial charge in [0.1, 0.15) is 17.7 Å². The van der Waals surface area contributed by atoms with E-state index in [9.17, 15) is 4.79 Å². The van der Waals surface area contributed by atoms with Gasteiger partial charge in [-0.2, -0.15) is 10.5 Å². The van der Waals surface area contributed by atoms with Crippen molar-refractivity contribution in [3.63, 3.8) is 0 Å². The predicted octanol–water partition coefficient (Wildman–Crippen LogP) is 3.60. The first-order valence-corrected chi connectivity index (χ1v) is 6.23. The number of fused-ring (bicyclic) bond motifs is 1. The fourth-order valence-corrected chi connectivity index (χ4v) is 3.27. The van der Waals surface area contributed by atoms with Crippen LogP contribution in [-0.2, 0) is 0 Å². The summed E-state index contributed by atoms with van der Waals surface area (Å²) in [6.45, 7) is 0. The molecule has 0 aliphatic heterocycles. The molecule has 0 aromatic heterocycles. The third kappa shape index (κ3) is 1.93. The number of nitrogens with zero attached hydrogens (tertiary/aromatic N) is 2. The summed E-state index contributed by atoms with van der Waals surface area (Å²) in [5.74, 6) is -0.0719. The second-order valence-corrected chi connectivity index (χ2v) is 5.26. The van der Waals surface area contributed by atoms with E-state index in [2.05, 4.69) is 31.9 Å². The molecule has 0 bridgehead atoms. The van der Waals surface area contributed by atoms with Crippen LogP contribution in [0.4, 0.5) is 0 Å². The molecule has 1 aliphatic rings. The highest BCUT2D eigenvalue weighted by Gasteiger charge is 2.29. The zero-order valence-electron chi connectivity index (χ0n) is 8.42. The number of hydrogen-bond donors (Lipinski definition) is 0. The Bertz CT molecular complexity index is 632. The smallest absolute Gasteiger partial charge is 0.169 e. The lowest BCUT2D eigenvalue weighted by Gasteiger charge is -2.03. The molecule has 3 nitrogen and oxygen atoms in total. The number of nitriles is 2. The number of rotatable bonds is 0. The highest BCUT2D eigenvalue weighted by Crippen LogP contribution is 2.40. The first kappa shape index (κ1) is 12.0. The Hall–Kier alpha value is -1.43. The van der Waals surface area contributed by atoms with Crippen LogP contribution < -0.4 is 0 Å². The SMILES string of the molecule is N#CC(C#N)=C1CC(=O)c2c(Br)cc(Br)cc21. The van der Waals surface area contributed by atoms with Gasteiger partial charge in [0.2, 0.25) is 0 Å². The van der Waals surface area contributed by atoms with Crippen molar-refractivity contribution in [2.24, 2.45) is 0 Å². The topological polar surface area (TPSA) is 64.7 Å². The Balaban J connectivity index is 2.81. The van der Waals surface area contributed by atoms with Gasteiger partial charge in [0.05, 0.1) is 0 Å². The highest BCUT2D eigenvalue weighted by atomic mass is 79.9. The monoisotopic (exact) mass is 350 g/mol. The highest BCUT2D eigenvalue weighted by molar-refractivity contribution is 9.11. The van der Waals surface area contributed by atoms with Crippen molar-refractivity contribution in [1.29, 1.82) is 10.5 Å². The van der Waals surface area contributed by atoms with Gasteiger partial charge < -0.3 is 0 Å². The lowest BCUT2D eigenvalue weighted by molar-refractivity contribution is 0.100. The van der Waals surface area contributed by atoms with Gasteiger partial charge in [-0.15, -0.1) is 0 Å². The van der Waals surface area contributed by atoms with Crippen LogP contribution in [-0.4, -0.2) is 5.78 Å². The molecule has 0 unspecified atom stereocenters. The Labute approximate surface area is 115 Å². The van der Waals surface area contributed by atoms with Crippen molar-refractivity contribution in [3.05, 3.63) is 37.8 Å². The van der Waals surface area contributed by atoms with Gasteiger partial charge in [0.25, 0.3) is 0 Å². The summed E-state index contributed by atoms with van der Waals surface area (Å²) in [4.78, 5) is 11.8. The quantitative estimate of drug-likeness (QED) is 0.671. The molecule has 1 aromatic rings. The first-order valence-electron chi connectivity index (χ1n) is 4.64. The number of ketones is 1. The summed E-state index contributed by atoms with van der Waals surface area (Å²) in [7, 11) is 0. The Morgan fingerprint density at radius 2 is 1.88 bits per heavy atom. The van der Waals surface area contributed by atoms with Gasteiger partial charge >= 0.3 is 0 Å². The van der Waals surface area contributed by atoms with E-state index in [4.69, 9.17) is 10.5 Å². The van der Waals surface area contributed by atoms with Crippen LogP contribution in [0.1, 0.15) is 22.3 Å². The van der Waals surface area contributed by atoms with Crippen molar-refractivity contribution in [2.45, 2.75) is 6.42 Å². The van der Waals surface area contributed by atoms with Crippen LogP contribution in [0.15, 0.2) is 26.7 Å². The Morgan fingerprint density at radius 1 is 1.24 bits per heavy atom. The number of carbonyl (C=O) groups excluding carboxylic acids is 1. The van der Waals surface area contributed by atoms with E-state index in [0.717, 1.165) is 4.47 Å². The summed E-state index contributed by atoms with van der Waals surface area (Å²) in [5, 5.41) is 17.7. The molecule has 0 spiro atoms. The second kappa shape index (κ2) is 4.44. The summed E-state index contributed by atoms with van der Waals surface area (Å²) >= 11 is 6.65. The van der Waals surface area contributed by atoms with Crippen LogP contribution >= 0.6 is 31.9 Å². The van der Waals surface area contributed by atoms with Crippen molar-refractivity contribution in [2.75, 3.05) is 0 Å². The molecular formula is C12H4Br2N2O. The fourth-order valence-electron chi connectivity index (χ4n) is 1.82. The molecule has 2 rings (SSSR count). The summed E-state index contributed by atoms with van der Waals surface area (Å²) in [5.41, 5.74) is 1.72. The maximum absolute atomic E-state index is 11.8. The molecule has 0 fully saturated rings. The van der Waals surface area contributed by atoms with Gasteiger partial charge in [0.15, 0.2) is 5.78 Å². The fraction of sp³-hybridized carbons (Fsp3) is 0.0833. The zero-order chi connectivity index (χ0) is 12.6. The minimum Gasteiger partial charge on any atom is -0.294 e. The van der Waals surface area contributed by atoms with Gasteiger partial charge in [-0.3, -0.25) is 4.79 Å². The minimum atomic E-state index is -0.0719. The molecule has 0 atom stereocenters. The van der Waals surface area contributed by atoms with Crippen molar-refractivity contribution >= 4 is 43.2 Å². The van der Waals surface area contributed by atoms with E-state index in [-0.39, 0.29) is 17.8 Å². The molecule has 0 heterocycles. The minimum absolute atomic E-state index is 0.00194. The lowest BCUT2D eigenvalue weighted by atomic mass is 10.0. The number of carbonyl (C=O) groups is 1. The molecule has 17 heavy (non-hydrogen) atoms. The average Bonchev–Trinajstić information content (AvgIpc) is 2.58. The molecule has 0 amide bonds. The number of allylic oxidation sites excluding steroid dienone is 2. The largest absolute Gasteiger partial charge is 0.294 e. The number of hydrogen-bond acceptors (Lipinski definition) is 3. The summed E-state index contributed by atoms with van der Waals surface area (Å²) in [6, 6.07) is 7.19. The molecular weight excluding hydrogens is 348 g/mol. The lowest BCUT2D eigenvalue weighted by Crippen LogP contribution is -1.92. The van der Waals surface area contributed by atoms with Gasteiger partial charge in [-0.25, -0.2) is 0 Å². The van der Waals surface area contributed by atoms with Crippen LogP contribution in [0, 0.1) is 22.7 Å². The Morgan fingerprint density at radius 3 is 2.47 bits per heavy atom. The van der Waals surface area contributed by atoms with E-state index >= 15 is 0 Å². The maximum atomic E-state index is 11.8. The molecule has 0 saturated heterocycles. The van der Waals surface area contributed by atoms with Crippen LogP contribution in [0.3, 0.4) is 0 Å². The van der Waals surface area contributed by atoms with Crippen LogP contribution in [0.2, 0.25) is 0 Å². The first-order chi connectivity index (χ1) is 8.08. The van der Waals surface area contributed by atoms with Crippen molar-refractivity contribution in [1.82, 2.24) is 0 Å². The van der Waals surface area contributed by atoms with Crippen LogP contribution in [0.25, 0.3) is 5.57 Å². The van der Waals surface area contributed by atoms with Crippen molar-refractivity contribution < 1.29 is 4.79 Å². The number of benzene rings is 1. The third-order valence-electron chi connectivity index (χ3n) is 2.52. The Kier molecular flexibility index (Phi) is 3.15. The second-order valence-electron chi connectivity index (χ2n) is 3.49. The van der Waals surface area contributed by atoms with E-state index in [1.807, 2.05) is 12.1 Å². The maximum Gasteiger partial charge on any atom is 0.169 e. The number of Topliss-reactive ketones (excluding diaryl/α,β-unsaturated/α-hetero) is 1. The predicted molar refractivity (Wildman–Crippen MR) is 68.9 cm³/mol. The van der Waals surface area contributed by atoms with Gasteiger partial charge in [-0.05, 0) is 39.2 Å². The molecule has 1 aromatic carbocycles. The molecule has 0 radical (unpaired) electrons. The zero-order valence-corrected chi connectivity index (χ0v) is 11.6. The van der Waals surface area contributed by atoms with Crippen LogP contribution in [0.5, 0.6) is 0 Å². The number of halogens is 2. The molecule has 5 heteroatoms. The van der Waals surface area contributed by atoms with E-state index in [0.29, 0.717) is 21.2 Å². The van der Waals surface area contributed by atoms with Crippen molar-refractivity contribution in [3.8, 4) is 12.1 Å². The standard InChI is InChI=1S/C12H4Br2N2O/c13-7-1-9-8(6(4-15)5-16)3-11(17)12(9)10(14)2-7/h1-2H,3H2. The van der Waals surface area contributed by atoms with E-state index in [1.165, 1.54) is 0 Å². The normalized spacial score (nSPS) is 12.9. The van der Waals surface area contributed by atoms with E-state index < -0.39 is 0 Å². The van der Waals surface area contributed by atoms with Gasteiger partial charge in [-0.1, -0.05) is 15.9 Å². The molecule has 0 saturated carbocycles. The third-order valence-corrected chi connectivity index (χ3v) is 3.60.